The predicted octanol–water partition coefficient (Wildman–Crippen LogP) is 1.73. The molecule has 112 valence electrons. The molecule has 0 atom stereocenters. The van der Waals surface area contributed by atoms with Crippen molar-refractivity contribution in [3.63, 3.8) is 0 Å². The van der Waals surface area contributed by atoms with Gasteiger partial charge in [0, 0.05) is 11.7 Å². The minimum atomic E-state index is 0.406. The molecular formula is C15H22N6. The molecule has 0 bridgehead atoms. The number of likely N-dealkylation sites (tertiary alicyclic amines) is 1. The summed E-state index contributed by atoms with van der Waals surface area (Å²) in [5.74, 6) is 1.09. The molecule has 2 aromatic rings. The van der Waals surface area contributed by atoms with Gasteiger partial charge in [0.25, 0.3) is 0 Å². The van der Waals surface area contributed by atoms with E-state index in [-0.39, 0.29) is 0 Å². The summed E-state index contributed by atoms with van der Waals surface area (Å²) >= 11 is 0. The molecule has 2 aromatic heterocycles. The second kappa shape index (κ2) is 5.44. The van der Waals surface area contributed by atoms with Crippen LogP contribution in [0.3, 0.4) is 0 Å². The molecule has 21 heavy (non-hydrogen) atoms. The number of rotatable bonds is 2. The number of anilines is 2. The topological polar surface area (TPSA) is 80.0 Å². The highest BCUT2D eigenvalue weighted by Crippen LogP contribution is 2.23. The third-order valence-electron chi connectivity index (χ3n) is 4.07. The van der Waals surface area contributed by atoms with E-state index in [4.69, 9.17) is 5.73 Å². The molecule has 0 spiro atoms. The predicted molar refractivity (Wildman–Crippen MR) is 85.4 cm³/mol. The molecule has 0 aromatic carbocycles. The summed E-state index contributed by atoms with van der Waals surface area (Å²) in [6, 6.07) is 2.41. The van der Waals surface area contributed by atoms with Crippen LogP contribution in [0.1, 0.15) is 24.1 Å². The lowest BCUT2D eigenvalue weighted by Gasteiger charge is -2.29. The molecule has 0 unspecified atom stereocenters. The van der Waals surface area contributed by atoms with Crippen molar-refractivity contribution in [3.05, 3.63) is 17.3 Å². The largest absolute Gasteiger partial charge is 0.383 e. The van der Waals surface area contributed by atoms with Gasteiger partial charge in [0.15, 0.2) is 5.65 Å². The van der Waals surface area contributed by atoms with Crippen LogP contribution in [-0.2, 0) is 0 Å². The molecule has 1 aliphatic heterocycles. The molecule has 0 saturated carbocycles. The Morgan fingerprint density at radius 3 is 2.62 bits per heavy atom. The van der Waals surface area contributed by atoms with Crippen molar-refractivity contribution in [2.24, 2.45) is 0 Å². The monoisotopic (exact) mass is 286 g/mol. The van der Waals surface area contributed by atoms with Gasteiger partial charge in [-0.15, -0.1) is 0 Å². The van der Waals surface area contributed by atoms with Gasteiger partial charge in [-0.3, -0.25) is 0 Å². The number of nitrogens with one attached hydrogen (secondary N) is 1. The molecule has 1 aliphatic rings. The highest BCUT2D eigenvalue weighted by Gasteiger charge is 2.18. The van der Waals surface area contributed by atoms with Crippen molar-refractivity contribution in [1.82, 2.24) is 19.9 Å². The number of aryl methyl sites for hydroxylation is 2. The standard InChI is InChI=1S/C15H22N6/c1-9-8-10(2)17-14-12(9)13(16)19-15(20-14)18-11-4-6-21(3)7-5-11/h8,11H,4-7H2,1-3H3,(H3,16,17,18,19,20). The summed E-state index contributed by atoms with van der Waals surface area (Å²) in [6.45, 7) is 6.17. The van der Waals surface area contributed by atoms with E-state index >= 15 is 0 Å². The van der Waals surface area contributed by atoms with Crippen LogP contribution in [0.4, 0.5) is 11.8 Å². The third kappa shape index (κ3) is 2.90. The summed E-state index contributed by atoms with van der Waals surface area (Å²) in [5, 5.41) is 4.26. The number of pyridine rings is 1. The molecule has 3 heterocycles. The fraction of sp³-hybridized carbons (Fsp3) is 0.533. The first-order valence-electron chi connectivity index (χ1n) is 7.39. The number of nitrogens with two attached hydrogens (primary N) is 1. The minimum Gasteiger partial charge on any atom is -0.383 e. The lowest BCUT2D eigenvalue weighted by atomic mass is 10.1. The molecule has 0 radical (unpaired) electrons. The Kier molecular flexibility index (Phi) is 3.63. The average molecular weight is 286 g/mol. The van der Waals surface area contributed by atoms with E-state index < -0.39 is 0 Å². The molecule has 6 heteroatoms. The Bertz CT molecular complexity index is 661. The quantitative estimate of drug-likeness (QED) is 0.875. The zero-order chi connectivity index (χ0) is 15.0. The molecule has 3 rings (SSSR count). The first kappa shape index (κ1) is 14.0. The van der Waals surface area contributed by atoms with E-state index in [1.165, 1.54) is 0 Å². The van der Waals surface area contributed by atoms with Crippen LogP contribution in [-0.4, -0.2) is 46.0 Å². The number of nitrogens with zero attached hydrogens (tertiary/aromatic N) is 4. The molecule has 6 nitrogen and oxygen atoms in total. The van der Waals surface area contributed by atoms with Crippen molar-refractivity contribution in [1.29, 1.82) is 0 Å². The molecule has 0 aliphatic carbocycles. The van der Waals surface area contributed by atoms with Gasteiger partial charge in [0.05, 0.1) is 5.39 Å². The van der Waals surface area contributed by atoms with Gasteiger partial charge in [-0.05, 0) is 58.5 Å². The zero-order valence-corrected chi connectivity index (χ0v) is 12.8. The van der Waals surface area contributed by atoms with Crippen LogP contribution in [0.15, 0.2) is 6.07 Å². The molecule has 1 saturated heterocycles. The number of piperidine rings is 1. The molecule has 3 N–H and O–H groups in total. The second-order valence-corrected chi connectivity index (χ2v) is 5.93. The fourth-order valence-electron chi connectivity index (χ4n) is 2.91. The summed E-state index contributed by atoms with van der Waals surface area (Å²) in [5.41, 5.74) is 8.79. The Morgan fingerprint density at radius 1 is 1.19 bits per heavy atom. The van der Waals surface area contributed by atoms with Gasteiger partial charge in [-0.1, -0.05) is 0 Å². The first-order chi connectivity index (χ1) is 10.0. The number of fused-ring (bicyclic) bond motifs is 1. The lowest BCUT2D eigenvalue weighted by Crippen LogP contribution is -2.37. The Hall–Kier alpha value is -1.95. The minimum absolute atomic E-state index is 0.406. The van der Waals surface area contributed by atoms with Gasteiger partial charge in [0.2, 0.25) is 5.95 Å². The highest BCUT2D eigenvalue weighted by molar-refractivity contribution is 5.89. The highest BCUT2D eigenvalue weighted by atomic mass is 15.2. The van der Waals surface area contributed by atoms with Crippen LogP contribution in [0.2, 0.25) is 0 Å². The maximum atomic E-state index is 6.10. The van der Waals surface area contributed by atoms with Crippen LogP contribution in [0.5, 0.6) is 0 Å². The second-order valence-electron chi connectivity index (χ2n) is 5.93. The Balaban J connectivity index is 1.90. The number of aromatic nitrogens is 3. The average Bonchev–Trinajstić information content (AvgIpc) is 2.40. The van der Waals surface area contributed by atoms with Gasteiger partial charge in [-0.2, -0.15) is 9.97 Å². The number of hydrogen-bond donors (Lipinski definition) is 2. The molecular weight excluding hydrogens is 264 g/mol. The van der Waals surface area contributed by atoms with Crippen molar-refractivity contribution >= 4 is 22.8 Å². The summed E-state index contributed by atoms with van der Waals surface area (Å²) in [4.78, 5) is 15.8. The van der Waals surface area contributed by atoms with E-state index in [9.17, 15) is 0 Å². The summed E-state index contributed by atoms with van der Waals surface area (Å²) in [6.07, 6.45) is 2.19. The van der Waals surface area contributed by atoms with Crippen LogP contribution >= 0.6 is 0 Å². The van der Waals surface area contributed by atoms with Crippen LogP contribution in [0, 0.1) is 13.8 Å². The van der Waals surface area contributed by atoms with E-state index in [0.29, 0.717) is 23.5 Å². The summed E-state index contributed by atoms with van der Waals surface area (Å²) < 4.78 is 0. The van der Waals surface area contributed by atoms with Crippen molar-refractivity contribution < 1.29 is 0 Å². The van der Waals surface area contributed by atoms with E-state index in [2.05, 4.69) is 32.2 Å². The van der Waals surface area contributed by atoms with Crippen molar-refractivity contribution in [2.45, 2.75) is 32.7 Å². The number of nitrogen functional groups attached to an aromatic ring is 1. The number of hydrogen-bond acceptors (Lipinski definition) is 6. The smallest absolute Gasteiger partial charge is 0.226 e. The third-order valence-corrected chi connectivity index (χ3v) is 4.07. The zero-order valence-electron chi connectivity index (χ0n) is 12.8. The van der Waals surface area contributed by atoms with E-state index in [1.807, 2.05) is 19.9 Å². The van der Waals surface area contributed by atoms with Gasteiger partial charge < -0.3 is 16.0 Å². The maximum Gasteiger partial charge on any atom is 0.226 e. The van der Waals surface area contributed by atoms with Gasteiger partial charge in [-0.25, -0.2) is 4.98 Å². The normalized spacial score (nSPS) is 17.3. The van der Waals surface area contributed by atoms with Crippen LogP contribution < -0.4 is 11.1 Å². The maximum absolute atomic E-state index is 6.10. The van der Waals surface area contributed by atoms with E-state index in [0.717, 1.165) is 42.6 Å². The summed E-state index contributed by atoms with van der Waals surface area (Å²) in [7, 11) is 2.15. The SMILES string of the molecule is Cc1cc(C)c2c(N)nc(NC3CCN(C)CC3)nc2n1. The Labute approximate surface area is 124 Å². The van der Waals surface area contributed by atoms with Crippen molar-refractivity contribution in [3.8, 4) is 0 Å². The van der Waals surface area contributed by atoms with Gasteiger partial charge in [0.1, 0.15) is 5.82 Å². The molecule has 1 fully saturated rings. The molecule has 0 amide bonds. The van der Waals surface area contributed by atoms with Crippen molar-refractivity contribution in [2.75, 3.05) is 31.2 Å². The Morgan fingerprint density at radius 2 is 1.90 bits per heavy atom. The lowest BCUT2D eigenvalue weighted by molar-refractivity contribution is 0.263. The first-order valence-corrected chi connectivity index (χ1v) is 7.39. The van der Waals surface area contributed by atoms with Crippen LogP contribution in [0.25, 0.3) is 11.0 Å². The van der Waals surface area contributed by atoms with Gasteiger partial charge >= 0.3 is 0 Å². The fourth-order valence-corrected chi connectivity index (χ4v) is 2.91. The van der Waals surface area contributed by atoms with E-state index in [1.54, 1.807) is 0 Å².